The monoisotopic (exact) mass is 512 g/mol. The first kappa shape index (κ1) is 22.8. The Morgan fingerprint density at radius 2 is 1.30 bits per heavy atom. The van der Waals surface area contributed by atoms with Crippen LogP contribution in [0.4, 0.5) is 0 Å². The Hall–Kier alpha value is -0.990. The molecule has 7 nitrogen and oxygen atoms in total. The maximum absolute atomic E-state index is 13.0. The minimum absolute atomic E-state index is 0.264. The summed E-state index contributed by atoms with van der Waals surface area (Å²) in [5.41, 5.74) is 0.365. The number of hydrogen-bond donors (Lipinski definition) is 0. The average Bonchev–Trinajstić information content (AvgIpc) is 3.44. The van der Waals surface area contributed by atoms with Crippen molar-refractivity contribution in [2.24, 2.45) is 47.3 Å². The minimum atomic E-state index is -1.16. The molecule has 0 aromatic carbocycles. The van der Waals surface area contributed by atoms with Crippen LogP contribution in [0.5, 0.6) is 0 Å². The molecule has 11 rings (SSSR count). The Labute approximate surface area is 218 Å². The van der Waals surface area contributed by atoms with E-state index in [0.29, 0.717) is 35.9 Å². The molecule has 0 amide bonds. The summed E-state index contributed by atoms with van der Waals surface area (Å²) in [6, 6.07) is 0. The van der Waals surface area contributed by atoms with E-state index in [1.807, 2.05) is 0 Å². The van der Waals surface area contributed by atoms with E-state index in [4.69, 9.17) is 28.4 Å². The molecular weight excluding hydrogens is 472 g/mol. The normalized spacial score (nSPS) is 60.1. The van der Waals surface area contributed by atoms with Gasteiger partial charge in [-0.05, 0) is 94.8 Å². The molecule has 0 N–H and O–H groups in total. The summed E-state index contributed by atoms with van der Waals surface area (Å²) in [6.45, 7) is 6.17. The highest BCUT2D eigenvalue weighted by molar-refractivity contribution is 5.87. The molecule has 0 aromatic rings. The predicted octanol–water partition coefficient (Wildman–Crippen LogP) is 4.34. The molecule has 11 fully saturated rings. The molecule has 8 saturated carbocycles. The van der Waals surface area contributed by atoms with Crippen molar-refractivity contribution < 1.29 is 33.2 Å². The SMILES string of the molecule is C=C(C)C(=O)O[C@H]1[C@@H]2OC3(O[C@@H]2CO[C@]12COC1(O2)C2CC4CC(C2)CC1C4)C1CC2CC(C1)CC3C2. The van der Waals surface area contributed by atoms with Gasteiger partial charge in [-0.25, -0.2) is 4.79 Å². The molecule has 0 aromatic heterocycles. The van der Waals surface area contributed by atoms with Crippen molar-refractivity contribution in [3.63, 3.8) is 0 Å². The first-order valence-electron chi connectivity index (χ1n) is 15.1. The van der Waals surface area contributed by atoms with Crippen LogP contribution in [0.3, 0.4) is 0 Å². The fourth-order valence-electron chi connectivity index (χ4n) is 11.2. The van der Waals surface area contributed by atoms with Crippen molar-refractivity contribution >= 4 is 5.97 Å². The summed E-state index contributed by atoms with van der Waals surface area (Å²) in [6.07, 6.45) is 10.7. The van der Waals surface area contributed by atoms with Crippen molar-refractivity contribution in [3.8, 4) is 0 Å². The Morgan fingerprint density at radius 3 is 1.84 bits per heavy atom. The Balaban J connectivity index is 1.06. The molecule has 3 aliphatic heterocycles. The molecule has 3 spiro atoms. The Kier molecular flexibility index (Phi) is 4.55. The Morgan fingerprint density at radius 1 is 0.757 bits per heavy atom. The zero-order valence-corrected chi connectivity index (χ0v) is 21.9. The van der Waals surface area contributed by atoms with E-state index in [1.54, 1.807) is 6.92 Å². The largest absolute Gasteiger partial charge is 0.450 e. The van der Waals surface area contributed by atoms with E-state index in [1.165, 1.54) is 64.2 Å². The van der Waals surface area contributed by atoms with Crippen LogP contribution >= 0.6 is 0 Å². The molecule has 0 radical (unpaired) electrons. The van der Waals surface area contributed by atoms with Gasteiger partial charge in [0.05, 0.1) is 6.61 Å². The number of fused-ring (bicyclic) bond motifs is 1. The lowest BCUT2D eigenvalue weighted by Crippen LogP contribution is -2.65. The number of rotatable bonds is 2. The van der Waals surface area contributed by atoms with Gasteiger partial charge in [0.15, 0.2) is 17.7 Å². The van der Waals surface area contributed by atoms with Crippen LogP contribution in [-0.4, -0.2) is 54.9 Å². The molecule has 37 heavy (non-hydrogen) atoms. The molecule has 8 aliphatic carbocycles. The van der Waals surface area contributed by atoms with Gasteiger partial charge < -0.3 is 28.4 Å². The third kappa shape index (κ3) is 2.93. The highest BCUT2D eigenvalue weighted by atomic mass is 16.9. The van der Waals surface area contributed by atoms with E-state index in [-0.39, 0.29) is 12.7 Å². The molecule has 8 bridgehead atoms. The topological polar surface area (TPSA) is 72.5 Å². The summed E-state index contributed by atoms with van der Waals surface area (Å²) in [5, 5.41) is 0. The highest BCUT2D eigenvalue weighted by Crippen LogP contribution is 2.66. The summed E-state index contributed by atoms with van der Waals surface area (Å²) < 4.78 is 40.5. The van der Waals surface area contributed by atoms with E-state index in [0.717, 1.165) is 23.7 Å². The molecule has 11 aliphatic rings. The van der Waals surface area contributed by atoms with Crippen LogP contribution in [0.25, 0.3) is 0 Å². The quantitative estimate of drug-likeness (QED) is 0.403. The fraction of sp³-hybridized carbons (Fsp3) is 0.900. The lowest BCUT2D eigenvalue weighted by Gasteiger charge is -2.59. The van der Waals surface area contributed by atoms with Gasteiger partial charge in [0.25, 0.3) is 0 Å². The Bertz CT molecular complexity index is 945. The lowest BCUT2D eigenvalue weighted by molar-refractivity contribution is -0.370. The van der Waals surface area contributed by atoms with Crippen molar-refractivity contribution in [3.05, 3.63) is 12.2 Å². The minimum Gasteiger partial charge on any atom is -0.450 e. The molecule has 4 atom stereocenters. The molecule has 0 unspecified atom stereocenters. The van der Waals surface area contributed by atoms with Gasteiger partial charge in [0.2, 0.25) is 5.79 Å². The van der Waals surface area contributed by atoms with E-state index in [9.17, 15) is 4.79 Å². The zero-order chi connectivity index (χ0) is 24.7. The van der Waals surface area contributed by atoms with Gasteiger partial charge in [-0.1, -0.05) is 6.58 Å². The van der Waals surface area contributed by atoms with Crippen molar-refractivity contribution in [1.82, 2.24) is 0 Å². The molecule has 202 valence electrons. The smallest absolute Gasteiger partial charge is 0.333 e. The van der Waals surface area contributed by atoms with Crippen LogP contribution in [0, 0.1) is 47.3 Å². The van der Waals surface area contributed by atoms with Crippen molar-refractivity contribution in [2.75, 3.05) is 13.2 Å². The van der Waals surface area contributed by atoms with Crippen molar-refractivity contribution in [2.45, 2.75) is 107 Å². The number of esters is 1. The number of carbonyl (C=O) groups is 1. The summed E-state index contributed by atoms with van der Waals surface area (Å²) >= 11 is 0. The van der Waals surface area contributed by atoms with Gasteiger partial charge in [-0.3, -0.25) is 0 Å². The maximum atomic E-state index is 13.0. The fourth-order valence-corrected chi connectivity index (χ4v) is 11.2. The zero-order valence-electron chi connectivity index (χ0n) is 21.9. The first-order chi connectivity index (χ1) is 17.9. The molecule has 7 heteroatoms. The van der Waals surface area contributed by atoms with Gasteiger partial charge in [0.1, 0.15) is 18.8 Å². The summed E-state index contributed by atoms with van der Waals surface area (Å²) in [5.74, 6) is 2.02. The number of hydrogen-bond acceptors (Lipinski definition) is 7. The van der Waals surface area contributed by atoms with Crippen LogP contribution in [0.2, 0.25) is 0 Å². The third-order valence-corrected chi connectivity index (χ3v) is 12.2. The highest BCUT2D eigenvalue weighted by Gasteiger charge is 2.73. The maximum Gasteiger partial charge on any atom is 0.333 e. The number of carbonyl (C=O) groups excluding carboxylic acids is 1. The summed E-state index contributed by atoms with van der Waals surface area (Å²) in [7, 11) is 0. The van der Waals surface area contributed by atoms with Crippen LogP contribution in [0.15, 0.2) is 12.2 Å². The standard InChI is InChI=1S/C30H40O7/c1-15(2)27(31)34-26-25-24(35-30(36-25)22-9-18-4-19(11-22)12-23(30)10-18)13-32-28(26)14-33-29(37-28)20-5-16-3-17(7-20)8-21(29)6-16/h16-26H,1,3-14H2,2H3/t16?,17?,18?,19?,20?,21?,22?,23?,24-,25-,26+,28+,29?,30?/m1/s1. The van der Waals surface area contributed by atoms with Crippen LogP contribution < -0.4 is 0 Å². The lowest BCUT2D eigenvalue weighted by atomic mass is 9.53. The summed E-state index contributed by atoms with van der Waals surface area (Å²) in [4.78, 5) is 13.0. The predicted molar refractivity (Wildman–Crippen MR) is 130 cm³/mol. The number of ether oxygens (including phenoxy) is 6. The van der Waals surface area contributed by atoms with E-state index >= 15 is 0 Å². The molecule has 3 heterocycles. The van der Waals surface area contributed by atoms with Crippen molar-refractivity contribution in [1.29, 1.82) is 0 Å². The second-order valence-corrected chi connectivity index (χ2v) is 14.4. The first-order valence-corrected chi connectivity index (χ1v) is 15.1. The van der Waals surface area contributed by atoms with Crippen LogP contribution in [-0.2, 0) is 33.2 Å². The van der Waals surface area contributed by atoms with Gasteiger partial charge >= 0.3 is 5.97 Å². The average molecular weight is 513 g/mol. The van der Waals surface area contributed by atoms with E-state index in [2.05, 4.69) is 6.58 Å². The van der Waals surface area contributed by atoms with E-state index < -0.39 is 35.5 Å². The molecule has 3 saturated heterocycles. The van der Waals surface area contributed by atoms with Gasteiger partial charge in [-0.2, -0.15) is 0 Å². The second-order valence-electron chi connectivity index (χ2n) is 14.4. The third-order valence-electron chi connectivity index (χ3n) is 12.2. The van der Waals surface area contributed by atoms with Gasteiger partial charge in [0, 0.05) is 29.2 Å². The van der Waals surface area contributed by atoms with Gasteiger partial charge in [-0.15, -0.1) is 0 Å². The molecular formula is C30H40O7. The second kappa shape index (κ2) is 7.39. The van der Waals surface area contributed by atoms with Crippen LogP contribution in [0.1, 0.15) is 71.1 Å².